The molecule has 154 valence electrons. The first-order chi connectivity index (χ1) is 14.2. The van der Waals surface area contributed by atoms with Crippen molar-refractivity contribution < 1.29 is 14.3 Å². The topological polar surface area (TPSA) is 66.9 Å². The Hall–Kier alpha value is -2.80. The van der Waals surface area contributed by atoms with E-state index in [1.165, 1.54) is 0 Å². The van der Waals surface area contributed by atoms with Gasteiger partial charge in [-0.1, -0.05) is 12.1 Å². The van der Waals surface area contributed by atoms with Gasteiger partial charge >= 0.3 is 0 Å². The average molecular weight is 396 g/mol. The highest BCUT2D eigenvalue weighted by Crippen LogP contribution is 2.32. The Bertz CT molecular complexity index is 840. The number of fused-ring (bicyclic) bond motifs is 1. The summed E-state index contributed by atoms with van der Waals surface area (Å²) in [5.74, 6) is 2.56. The largest absolute Gasteiger partial charge is 0.454 e. The van der Waals surface area contributed by atoms with Crippen LogP contribution in [-0.2, 0) is 17.8 Å². The van der Waals surface area contributed by atoms with Crippen molar-refractivity contribution >= 4 is 11.7 Å². The number of nitrogens with zero attached hydrogens (tertiary/aromatic N) is 3. The fourth-order valence-electron chi connectivity index (χ4n) is 3.63. The highest BCUT2D eigenvalue weighted by atomic mass is 16.7. The molecule has 7 nitrogen and oxygen atoms in total. The SMILES string of the molecule is CN1CCCN(c2ccc(CNC(=O)CCc3ccc4c(c3)OCO4)cn2)CC1. The summed E-state index contributed by atoms with van der Waals surface area (Å²) in [6.07, 6.45) is 4.12. The fraction of sp³-hybridized carbons (Fsp3) is 0.455. The number of anilines is 1. The zero-order valence-electron chi connectivity index (χ0n) is 16.9. The van der Waals surface area contributed by atoms with Crippen LogP contribution >= 0.6 is 0 Å². The molecule has 4 rings (SSSR count). The summed E-state index contributed by atoms with van der Waals surface area (Å²) in [6.45, 7) is 4.99. The molecule has 1 saturated heterocycles. The lowest BCUT2D eigenvalue weighted by atomic mass is 10.1. The number of amides is 1. The molecule has 0 atom stereocenters. The molecule has 1 aromatic carbocycles. The quantitative estimate of drug-likeness (QED) is 0.808. The van der Waals surface area contributed by atoms with Crippen molar-refractivity contribution in [3.8, 4) is 11.5 Å². The lowest BCUT2D eigenvalue weighted by Crippen LogP contribution is -2.29. The van der Waals surface area contributed by atoms with Crippen LogP contribution in [0.5, 0.6) is 11.5 Å². The molecule has 0 aliphatic carbocycles. The van der Waals surface area contributed by atoms with Crippen molar-refractivity contribution in [3.05, 3.63) is 47.7 Å². The molecular weight excluding hydrogens is 368 g/mol. The summed E-state index contributed by atoms with van der Waals surface area (Å²) in [4.78, 5) is 21.5. The first kappa shape index (κ1) is 19.5. The number of benzene rings is 1. The average Bonchev–Trinajstić information content (AvgIpc) is 3.11. The van der Waals surface area contributed by atoms with E-state index in [0.29, 0.717) is 19.4 Å². The number of likely N-dealkylation sites (N-methyl/N-ethyl adjacent to an activating group) is 1. The summed E-state index contributed by atoms with van der Waals surface area (Å²) < 4.78 is 10.7. The van der Waals surface area contributed by atoms with E-state index >= 15 is 0 Å². The van der Waals surface area contributed by atoms with Crippen molar-refractivity contribution in [2.75, 3.05) is 44.9 Å². The van der Waals surface area contributed by atoms with Crippen molar-refractivity contribution in [3.63, 3.8) is 0 Å². The Morgan fingerprint density at radius 1 is 1.07 bits per heavy atom. The predicted octanol–water partition coefficient (Wildman–Crippen LogP) is 2.20. The summed E-state index contributed by atoms with van der Waals surface area (Å²) >= 11 is 0. The van der Waals surface area contributed by atoms with Crippen LogP contribution in [0, 0.1) is 0 Å². The van der Waals surface area contributed by atoms with Gasteiger partial charge in [0.15, 0.2) is 11.5 Å². The van der Waals surface area contributed by atoms with E-state index in [1.54, 1.807) is 0 Å². The number of aromatic nitrogens is 1. The molecule has 1 N–H and O–H groups in total. The van der Waals surface area contributed by atoms with Crippen LogP contribution in [0.25, 0.3) is 0 Å². The highest BCUT2D eigenvalue weighted by molar-refractivity contribution is 5.76. The van der Waals surface area contributed by atoms with E-state index in [-0.39, 0.29) is 12.7 Å². The Kier molecular flexibility index (Phi) is 6.14. The number of hydrogen-bond acceptors (Lipinski definition) is 6. The maximum absolute atomic E-state index is 12.2. The normalized spacial score (nSPS) is 16.5. The molecule has 1 aromatic heterocycles. The van der Waals surface area contributed by atoms with E-state index in [1.807, 2.05) is 24.4 Å². The molecule has 2 aliphatic rings. The highest BCUT2D eigenvalue weighted by Gasteiger charge is 2.15. The molecule has 1 amide bonds. The van der Waals surface area contributed by atoms with E-state index in [4.69, 9.17) is 9.47 Å². The molecule has 0 unspecified atom stereocenters. The molecule has 29 heavy (non-hydrogen) atoms. The van der Waals surface area contributed by atoms with Crippen LogP contribution in [0.15, 0.2) is 36.5 Å². The number of nitrogens with one attached hydrogen (secondary N) is 1. The first-order valence-corrected chi connectivity index (χ1v) is 10.2. The molecule has 0 spiro atoms. The van der Waals surface area contributed by atoms with Crippen LogP contribution in [0.2, 0.25) is 0 Å². The van der Waals surface area contributed by atoms with Crippen molar-refractivity contribution in [1.82, 2.24) is 15.2 Å². The molecule has 7 heteroatoms. The lowest BCUT2D eigenvalue weighted by molar-refractivity contribution is -0.121. The number of carbonyl (C=O) groups excluding carboxylic acids is 1. The molecular formula is C22H28N4O3. The van der Waals surface area contributed by atoms with Gasteiger partial charge in [-0.2, -0.15) is 0 Å². The minimum absolute atomic E-state index is 0.0299. The monoisotopic (exact) mass is 396 g/mol. The minimum atomic E-state index is 0.0299. The number of carbonyl (C=O) groups is 1. The number of aryl methyl sites for hydroxylation is 1. The molecule has 1 fully saturated rings. The zero-order chi connectivity index (χ0) is 20.1. The number of pyridine rings is 1. The van der Waals surface area contributed by atoms with Crippen molar-refractivity contribution in [2.24, 2.45) is 0 Å². The summed E-state index contributed by atoms with van der Waals surface area (Å²) in [7, 11) is 2.16. The maximum Gasteiger partial charge on any atom is 0.231 e. The third-order valence-corrected chi connectivity index (χ3v) is 5.42. The summed E-state index contributed by atoms with van der Waals surface area (Å²) in [5, 5.41) is 2.98. The molecule has 0 saturated carbocycles. The first-order valence-electron chi connectivity index (χ1n) is 10.2. The van der Waals surface area contributed by atoms with Crippen LogP contribution in [0.1, 0.15) is 24.0 Å². The van der Waals surface area contributed by atoms with Crippen LogP contribution < -0.4 is 19.7 Å². The van der Waals surface area contributed by atoms with Gasteiger partial charge in [0.1, 0.15) is 5.82 Å². The standard InChI is InChI=1S/C22H28N4O3/c1-25-9-2-10-26(12-11-25)21-7-4-18(14-23-21)15-24-22(27)8-5-17-3-6-19-20(13-17)29-16-28-19/h3-4,6-7,13-14H,2,5,8-12,15-16H2,1H3,(H,24,27). The van der Waals surface area contributed by atoms with Gasteiger partial charge in [0.25, 0.3) is 0 Å². The van der Waals surface area contributed by atoms with Gasteiger partial charge in [0, 0.05) is 38.8 Å². The third-order valence-electron chi connectivity index (χ3n) is 5.42. The van der Waals surface area contributed by atoms with E-state index in [9.17, 15) is 4.79 Å². The number of rotatable bonds is 6. The van der Waals surface area contributed by atoms with Gasteiger partial charge in [-0.05, 0) is 55.8 Å². The summed E-state index contributed by atoms with van der Waals surface area (Å²) in [6, 6.07) is 9.92. The molecule has 0 bridgehead atoms. The molecule has 2 aliphatic heterocycles. The second-order valence-corrected chi connectivity index (χ2v) is 7.63. The van der Waals surface area contributed by atoms with Crippen molar-refractivity contribution in [2.45, 2.75) is 25.8 Å². The number of ether oxygens (including phenoxy) is 2. The van der Waals surface area contributed by atoms with Gasteiger partial charge in [0.2, 0.25) is 12.7 Å². The van der Waals surface area contributed by atoms with Crippen LogP contribution in [-0.4, -0.2) is 55.8 Å². The van der Waals surface area contributed by atoms with Gasteiger partial charge < -0.3 is 24.6 Å². The van der Waals surface area contributed by atoms with E-state index < -0.39 is 0 Å². The molecule has 0 radical (unpaired) electrons. The summed E-state index contributed by atoms with van der Waals surface area (Å²) in [5.41, 5.74) is 2.08. The zero-order valence-corrected chi connectivity index (χ0v) is 16.9. The van der Waals surface area contributed by atoms with Gasteiger partial charge in [-0.3, -0.25) is 4.79 Å². The smallest absolute Gasteiger partial charge is 0.231 e. The van der Waals surface area contributed by atoms with E-state index in [0.717, 1.165) is 61.0 Å². The van der Waals surface area contributed by atoms with Crippen LogP contribution in [0.4, 0.5) is 5.82 Å². The molecule has 3 heterocycles. The molecule has 2 aromatic rings. The van der Waals surface area contributed by atoms with Crippen molar-refractivity contribution in [1.29, 1.82) is 0 Å². The fourth-order valence-corrected chi connectivity index (χ4v) is 3.63. The number of hydrogen-bond donors (Lipinski definition) is 1. The minimum Gasteiger partial charge on any atom is -0.454 e. The van der Waals surface area contributed by atoms with Gasteiger partial charge in [-0.25, -0.2) is 4.98 Å². The maximum atomic E-state index is 12.2. The Morgan fingerprint density at radius 2 is 1.93 bits per heavy atom. The van der Waals surface area contributed by atoms with Crippen LogP contribution in [0.3, 0.4) is 0 Å². The van der Waals surface area contributed by atoms with Gasteiger partial charge in [0.05, 0.1) is 0 Å². The second-order valence-electron chi connectivity index (χ2n) is 7.63. The Balaban J connectivity index is 1.23. The van der Waals surface area contributed by atoms with E-state index in [2.05, 4.69) is 39.3 Å². The lowest BCUT2D eigenvalue weighted by Gasteiger charge is -2.21. The second kappa shape index (κ2) is 9.13. The Labute approximate surface area is 171 Å². The Morgan fingerprint density at radius 3 is 2.79 bits per heavy atom. The third kappa shape index (κ3) is 5.17. The predicted molar refractivity (Wildman–Crippen MR) is 111 cm³/mol. The van der Waals surface area contributed by atoms with Gasteiger partial charge in [-0.15, -0.1) is 0 Å².